The van der Waals surface area contributed by atoms with E-state index in [4.69, 9.17) is 9.05 Å². The van der Waals surface area contributed by atoms with Crippen molar-refractivity contribution < 1.29 is 32.9 Å². The third kappa shape index (κ3) is 60.1. The second-order valence-corrected chi connectivity index (χ2v) is 23.1. The van der Waals surface area contributed by atoms with E-state index in [1.807, 2.05) is 27.2 Å². The maximum Gasteiger partial charge on any atom is 0.268 e. The van der Waals surface area contributed by atoms with Crippen molar-refractivity contribution in [2.75, 3.05) is 40.9 Å². The summed E-state index contributed by atoms with van der Waals surface area (Å²) < 4.78 is 23.4. The number of carbonyl (C=O) groups is 1. The first-order valence-electron chi connectivity index (χ1n) is 31.0. The molecule has 3 atom stereocenters. The molecule has 0 aliphatic carbocycles. The van der Waals surface area contributed by atoms with E-state index < -0.39 is 26.6 Å². The number of aliphatic hydroxyl groups is 1. The Morgan fingerprint density at radius 3 is 1.21 bits per heavy atom. The van der Waals surface area contributed by atoms with Crippen molar-refractivity contribution in [3.8, 4) is 0 Å². The molecule has 8 nitrogen and oxygen atoms in total. The van der Waals surface area contributed by atoms with Crippen LogP contribution in [-0.2, 0) is 18.4 Å². The summed E-state index contributed by atoms with van der Waals surface area (Å²) in [5.74, 6) is -0.223. The van der Waals surface area contributed by atoms with Crippen molar-refractivity contribution in [1.29, 1.82) is 0 Å². The number of quaternary nitrogens is 1. The quantitative estimate of drug-likeness (QED) is 0.0272. The van der Waals surface area contributed by atoms with Gasteiger partial charge in [-0.3, -0.25) is 9.36 Å². The molecule has 440 valence electrons. The van der Waals surface area contributed by atoms with E-state index in [2.05, 4.69) is 141 Å². The Morgan fingerprint density at radius 2 is 0.805 bits per heavy atom. The molecule has 0 aliphatic rings. The zero-order chi connectivity index (χ0) is 56.3. The van der Waals surface area contributed by atoms with Gasteiger partial charge in [0, 0.05) is 6.42 Å². The average Bonchev–Trinajstić information content (AvgIpc) is 3.39. The largest absolute Gasteiger partial charge is 0.756 e. The van der Waals surface area contributed by atoms with Crippen LogP contribution in [0.3, 0.4) is 0 Å². The molecule has 0 aliphatic heterocycles. The van der Waals surface area contributed by atoms with E-state index in [0.717, 1.165) is 109 Å². The fraction of sp³-hybridized carbons (Fsp3) is 0.662. The summed E-state index contributed by atoms with van der Waals surface area (Å²) in [5, 5.41) is 13.9. The normalized spacial score (nSPS) is 14.7. The lowest BCUT2D eigenvalue weighted by Crippen LogP contribution is -2.45. The Labute approximate surface area is 475 Å². The number of nitrogens with one attached hydrogen (secondary N) is 1. The summed E-state index contributed by atoms with van der Waals surface area (Å²) in [7, 11) is 1.22. The number of rotatable bonds is 55. The van der Waals surface area contributed by atoms with Crippen LogP contribution in [0.4, 0.5) is 0 Å². The van der Waals surface area contributed by atoms with Gasteiger partial charge in [0.15, 0.2) is 0 Å². The van der Waals surface area contributed by atoms with Gasteiger partial charge in [0.2, 0.25) is 5.91 Å². The Kier molecular flexibility index (Phi) is 54.8. The maximum atomic E-state index is 13.0. The third-order valence-electron chi connectivity index (χ3n) is 13.1. The van der Waals surface area contributed by atoms with Crippen molar-refractivity contribution in [3.63, 3.8) is 0 Å². The summed E-state index contributed by atoms with van der Waals surface area (Å²) in [4.78, 5) is 25.5. The smallest absolute Gasteiger partial charge is 0.268 e. The van der Waals surface area contributed by atoms with Crippen LogP contribution in [0.5, 0.6) is 0 Å². The highest BCUT2D eigenvalue weighted by Gasteiger charge is 2.23. The van der Waals surface area contributed by atoms with Crippen LogP contribution in [-0.4, -0.2) is 68.5 Å². The van der Waals surface area contributed by atoms with E-state index in [-0.39, 0.29) is 12.5 Å². The maximum absolute atomic E-state index is 13.0. The molecule has 0 saturated heterocycles. The summed E-state index contributed by atoms with van der Waals surface area (Å²) in [6.07, 6.45) is 86.8. The topological polar surface area (TPSA) is 108 Å². The third-order valence-corrected chi connectivity index (χ3v) is 14.1. The Bertz CT molecular complexity index is 1710. The second-order valence-electron chi connectivity index (χ2n) is 21.7. The van der Waals surface area contributed by atoms with Crippen molar-refractivity contribution in [2.45, 2.75) is 251 Å². The number of unbranched alkanes of at least 4 members (excludes halogenated alkanes) is 22. The number of aliphatic hydroxyl groups excluding tert-OH is 1. The highest BCUT2D eigenvalue weighted by molar-refractivity contribution is 7.45. The number of phosphoric acid groups is 1. The van der Waals surface area contributed by atoms with Gasteiger partial charge >= 0.3 is 0 Å². The molecule has 0 aromatic rings. The first-order chi connectivity index (χ1) is 37.5. The van der Waals surface area contributed by atoms with Gasteiger partial charge in [-0.25, -0.2) is 0 Å². The molecule has 0 fully saturated rings. The standard InChI is InChI=1S/C68H117N2O6P/c1-6-8-10-12-14-16-18-20-22-24-26-28-29-30-31-32-33-34-35-36-37-38-39-40-41-42-44-46-48-50-52-54-56-58-60-62-68(72)69-66(65-76-77(73,74)75-64-63-70(3,4)5)67(71)61-59-57-55-53-51-49-47-45-43-27-25-23-21-19-17-15-13-11-9-7-2/h8,10,14,16,20,22,26,28,30-31,33-34,36-37,39-40,42,44,51,53,59,61,66-67,71H,6-7,9,11-13,15,17-19,21,23-25,27,29,32,35,38,41,43,45-50,52,54-58,60,62-65H2,1-5H3,(H-,69,72,73,74)/b10-8-,16-14-,22-20-,28-26-,31-30-,34-33-,37-36-,40-39-,44-42-,53-51+,61-59+. The second kappa shape index (κ2) is 57.3. The predicted molar refractivity (Wildman–Crippen MR) is 334 cm³/mol. The molecule has 9 heteroatoms. The van der Waals surface area contributed by atoms with Gasteiger partial charge < -0.3 is 28.8 Å². The van der Waals surface area contributed by atoms with Gasteiger partial charge in [-0.05, 0) is 103 Å². The monoisotopic (exact) mass is 1090 g/mol. The molecular formula is C68H117N2O6P. The van der Waals surface area contributed by atoms with Crippen molar-refractivity contribution in [1.82, 2.24) is 5.32 Å². The summed E-state index contributed by atoms with van der Waals surface area (Å²) in [6.45, 7) is 4.50. The van der Waals surface area contributed by atoms with Crippen LogP contribution >= 0.6 is 7.82 Å². The molecule has 0 spiro atoms. The van der Waals surface area contributed by atoms with Gasteiger partial charge in [0.05, 0.1) is 39.9 Å². The zero-order valence-corrected chi connectivity index (χ0v) is 51.0. The molecule has 0 heterocycles. The number of carbonyl (C=O) groups excluding carboxylic acids is 1. The number of nitrogens with zero attached hydrogens (tertiary/aromatic N) is 1. The van der Waals surface area contributed by atoms with Crippen molar-refractivity contribution >= 4 is 13.7 Å². The Morgan fingerprint density at radius 1 is 0.468 bits per heavy atom. The first-order valence-corrected chi connectivity index (χ1v) is 32.5. The van der Waals surface area contributed by atoms with Crippen molar-refractivity contribution in [3.05, 3.63) is 134 Å². The lowest BCUT2D eigenvalue weighted by Gasteiger charge is -2.29. The van der Waals surface area contributed by atoms with Crippen LogP contribution in [0.2, 0.25) is 0 Å². The highest BCUT2D eigenvalue weighted by atomic mass is 31.2. The van der Waals surface area contributed by atoms with Crippen LogP contribution in [0, 0.1) is 0 Å². The number of likely N-dealkylation sites (N-methyl/N-ethyl adjacent to an activating group) is 1. The van der Waals surface area contributed by atoms with E-state index in [0.29, 0.717) is 17.4 Å². The number of hydrogen-bond donors (Lipinski definition) is 2. The van der Waals surface area contributed by atoms with Gasteiger partial charge in [-0.1, -0.05) is 263 Å². The van der Waals surface area contributed by atoms with E-state index >= 15 is 0 Å². The minimum absolute atomic E-state index is 0.0155. The molecule has 0 bridgehead atoms. The molecule has 0 saturated carbocycles. The number of allylic oxidation sites excluding steroid dienone is 21. The zero-order valence-electron chi connectivity index (χ0n) is 50.1. The van der Waals surface area contributed by atoms with Crippen LogP contribution in [0.25, 0.3) is 0 Å². The Hall–Kier alpha value is -3.36. The minimum Gasteiger partial charge on any atom is -0.756 e. The fourth-order valence-corrected chi connectivity index (χ4v) is 9.00. The molecular weight excluding hydrogens is 972 g/mol. The molecule has 0 rings (SSSR count). The fourth-order valence-electron chi connectivity index (χ4n) is 8.28. The molecule has 0 aromatic heterocycles. The average molecular weight is 1090 g/mol. The predicted octanol–water partition coefficient (Wildman–Crippen LogP) is 18.9. The van der Waals surface area contributed by atoms with E-state index in [1.165, 1.54) is 109 Å². The van der Waals surface area contributed by atoms with Gasteiger partial charge in [-0.15, -0.1) is 0 Å². The molecule has 77 heavy (non-hydrogen) atoms. The summed E-state index contributed by atoms with van der Waals surface area (Å²) in [5.41, 5.74) is 0. The Balaban J connectivity index is 4.25. The molecule has 0 aromatic carbocycles. The minimum atomic E-state index is -4.62. The summed E-state index contributed by atoms with van der Waals surface area (Å²) >= 11 is 0. The number of hydrogen-bond acceptors (Lipinski definition) is 6. The van der Waals surface area contributed by atoms with Gasteiger partial charge in [-0.2, -0.15) is 0 Å². The van der Waals surface area contributed by atoms with Crippen LogP contribution in [0.15, 0.2) is 134 Å². The van der Waals surface area contributed by atoms with Gasteiger partial charge in [0.1, 0.15) is 13.2 Å². The molecule has 2 N–H and O–H groups in total. The van der Waals surface area contributed by atoms with E-state index in [9.17, 15) is 19.4 Å². The number of phosphoric ester groups is 1. The van der Waals surface area contributed by atoms with Crippen LogP contribution in [0.1, 0.15) is 239 Å². The SMILES string of the molecule is CC/C=C\C/C=C\C/C=C\C/C=C\C/C=C\C/C=C\C/C=C\C/C=C\C/C=C\CCCCCCCCCC(=O)NC(COP(=O)([O-])OCC[N+](C)(C)C)C(O)/C=C/CC/C=C/CCCCCCCCCCCCCCCC. The molecule has 0 radical (unpaired) electrons. The van der Waals surface area contributed by atoms with Crippen molar-refractivity contribution in [2.24, 2.45) is 0 Å². The lowest BCUT2D eigenvalue weighted by atomic mass is 10.0. The van der Waals surface area contributed by atoms with Gasteiger partial charge in [0.25, 0.3) is 7.82 Å². The first kappa shape index (κ1) is 73.6. The molecule has 3 unspecified atom stereocenters. The lowest BCUT2D eigenvalue weighted by molar-refractivity contribution is -0.870. The molecule has 1 amide bonds. The number of amides is 1. The van der Waals surface area contributed by atoms with E-state index in [1.54, 1.807) is 6.08 Å². The van der Waals surface area contributed by atoms with Crippen LogP contribution < -0.4 is 10.2 Å². The summed E-state index contributed by atoms with van der Waals surface area (Å²) in [6, 6.07) is -0.920. The highest BCUT2D eigenvalue weighted by Crippen LogP contribution is 2.38.